The molecule has 0 spiro atoms. The minimum Gasteiger partial charge on any atom is -0.377 e. The van der Waals surface area contributed by atoms with Gasteiger partial charge in [0.1, 0.15) is 18.5 Å². The first-order chi connectivity index (χ1) is 25.2. The van der Waals surface area contributed by atoms with Crippen LogP contribution in [0.4, 0.5) is 4.39 Å². The molecule has 0 aliphatic carbocycles. The minimum atomic E-state index is -5.21. The number of hydrogen-bond acceptors (Lipinski definition) is 10. The number of rotatable bonds is 31. The van der Waals surface area contributed by atoms with Gasteiger partial charge in [-0.3, -0.25) is 27.6 Å². The van der Waals surface area contributed by atoms with Crippen LogP contribution < -0.4 is 11.2 Å². The molecule has 2 heterocycles. The van der Waals surface area contributed by atoms with Crippen LogP contribution in [0, 0.1) is 6.92 Å². The van der Waals surface area contributed by atoms with Gasteiger partial charge in [0.25, 0.3) is 5.56 Å². The smallest absolute Gasteiger partial charge is 0.377 e. The van der Waals surface area contributed by atoms with Gasteiger partial charge in [0.2, 0.25) is 0 Å². The Morgan fingerprint density at radius 2 is 1.47 bits per heavy atom. The molecule has 14 nitrogen and oxygen atoms in total. The molecular formula is C35H65FN2O12P2S. The fourth-order valence-electron chi connectivity index (χ4n) is 6.18. The quantitative estimate of drug-likeness (QED) is 0.0485. The van der Waals surface area contributed by atoms with Crippen molar-refractivity contribution in [1.29, 1.82) is 0 Å². The summed E-state index contributed by atoms with van der Waals surface area (Å²) in [6, 6.07) is 0. The van der Waals surface area contributed by atoms with E-state index in [1.165, 1.54) is 64.5 Å². The molecule has 0 saturated carbocycles. The van der Waals surface area contributed by atoms with E-state index >= 15 is 0 Å². The lowest BCUT2D eigenvalue weighted by molar-refractivity contribution is -0.0352. The molecule has 53 heavy (non-hydrogen) atoms. The Morgan fingerprint density at radius 3 is 2.09 bits per heavy atom. The first kappa shape index (κ1) is 48.1. The molecule has 1 aromatic rings. The lowest BCUT2D eigenvalue weighted by Gasteiger charge is -2.24. The van der Waals surface area contributed by atoms with Crippen molar-refractivity contribution >= 4 is 26.4 Å². The highest BCUT2D eigenvalue weighted by molar-refractivity contribution is 7.85. The molecule has 0 aromatic carbocycles. The summed E-state index contributed by atoms with van der Waals surface area (Å²) in [6.07, 6.45) is 14.9. The number of alkyl halides is 1. The number of aromatic nitrogens is 2. The summed E-state index contributed by atoms with van der Waals surface area (Å²) in [6.45, 7) is 6.68. The van der Waals surface area contributed by atoms with Crippen molar-refractivity contribution in [2.75, 3.05) is 25.6 Å². The third kappa shape index (κ3) is 19.6. The van der Waals surface area contributed by atoms with Gasteiger partial charge in [-0.25, -0.2) is 18.3 Å². The standard InChI is InChI=1S/C35H65FN2O12P2S/c1-5-7-9-11-12-13-14-15-17-19-24-53(45)32(21-18-16-10-8-6-2)29(4)46-22-20-23-47-51(41,42)50-52(43,44)48-27-31-30(36)25-33(49-31)38-26-28(3)34(39)37-35(38)40/h26,29-33H,5-25,27H2,1-4H3,(H,41,42)(H,43,44)(H,37,39,40)/t29?,30-,31+,32?,33+,53?/m0/s1. The summed E-state index contributed by atoms with van der Waals surface area (Å²) in [5.41, 5.74) is -1.22. The Balaban J connectivity index is 1.74. The lowest BCUT2D eigenvalue weighted by atomic mass is 10.1. The van der Waals surface area contributed by atoms with Gasteiger partial charge in [-0.05, 0) is 33.1 Å². The van der Waals surface area contributed by atoms with E-state index in [-0.39, 0.29) is 43.0 Å². The molecule has 310 valence electrons. The van der Waals surface area contributed by atoms with Crippen molar-refractivity contribution in [1.82, 2.24) is 9.55 Å². The minimum absolute atomic E-state index is 0.131. The molecule has 5 unspecified atom stereocenters. The summed E-state index contributed by atoms with van der Waals surface area (Å²) in [7, 11) is -11.3. The fraction of sp³-hybridized carbons (Fsp3) is 0.886. The predicted octanol–water partition coefficient (Wildman–Crippen LogP) is 7.92. The Hall–Kier alpha value is -1.06. The molecular weight excluding hydrogens is 753 g/mol. The summed E-state index contributed by atoms with van der Waals surface area (Å²) < 4.78 is 79.1. The van der Waals surface area contributed by atoms with Crippen LogP contribution in [-0.2, 0) is 42.8 Å². The number of phosphoric ester groups is 2. The van der Waals surface area contributed by atoms with E-state index in [4.69, 9.17) is 18.5 Å². The van der Waals surface area contributed by atoms with E-state index in [0.29, 0.717) is 5.75 Å². The predicted molar refractivity (Wildman–Crippen MR) is 204 cm³/mol. The van der Waals surface area contributed by atoms with Crippen molar-refractivity contribution in [3.05, 3.63) is 32.6 Å². The van der Waals surface area contributed by atoms with Gasteiger partial charge in [0.05, 0.1) is 24.6 Å². The summed E-state index contributed by atoms with van der Waals surface area (Å²) in [5.74, 6) is 0.634. The van der Waals surface area contributed by atoms with Gasteiger partial charge in [-0.1, -0.05) is 104 Å². The number of H-pyrrole nitrogens is 1. The van der Waals surface area contributed by atoms with Gasteiger partial charge in [0, 0.05) is 41.3 Å². The van der Waals surface area contributed by atoms with Crippen LogP contribution in [0.3, 0.4) is 0 Å². The van der Waals surface area contributed by atoms with Crippen LogP contribution in [0.5, 0.6) is 0 Å². The van der Waals surface area contributed by atoms with E-state index in [9.17, 15) is 37.1 Å². The van der Waals surface area contributed by atoms with Gasteiger partial charge in [-0.15, -0.1) is 0 Å². The van der Waals surface area contributed by atoms with Crippen LogP contribution in [-0.4, -0.2) is 72.7 Å². The second-order valence-electron chi connectivity index (χ2n) is 13.9. The molecule has 2 rings (SSSR count). The molecule has 0 amide bonds. The monoisotopic (exact) mass is 818 g/mol. The number of nitrogens with one attached hydrogen (secondary N) is 1. The highest BCUT2D eigenvalue weighted by atomic mass is 32.2. The SMILES string of the molecule is CCCCCCCCCCCCS(=O)C(CCCCCCC)C(C)OCCCOP(=O)(O)OP(=O)(O)OC[C@H]1O[C@@H](n2cc(C)c(=O)[nH]c2=O)C[C@@H]1F. The Labute approximate surface area is 317 Å². The highest BCUT2D eigenvalue weighted by Gasteiger charge is 2.41. The summed E-state index contributed by atoms with van der Waals surface area (Å²) in [5, 5.41) is -0.134. The van der Waals surface area contributed by atoms with Crippen molar-refractivity contribution in [2.45, 2.75) is 173 Å². The summed E-state index contributed by atoms with van der Waals surface area (Å²) >= 11 is 0. The Morgan fingerprint density at radius 1 is 0.906 bits per heavy atom. The molecule has 0 radical (unpaired) electrons. The third-order valence-electron chi connectivity index (χ3n) is 9.30. The first-order valence-electron chi connectivity index (χ1n) is 19.5. The summed E-state index contributed by atoms with van der Waals surface area (Å²) in [4.78, 5) is 45.9. The van der Waals surface area contributed by atoms with E-state index < -0.39 is 62.8 Å². The molecule has 1 aromatic heterocycles. The zero-order valence-corrected chi connectivity index (χ0v) is 34.7. The van der Waals surface area contributed by atoms with Crippen LogP contribution in [0.15, 0.2) is 15.8 Å². The number of ether oxygens (including phenoxy) is 2. The maximum Gasteiger partial charge on any atom is 0.481 e. The van der Waals surface area contributed by atoms with E-state index in [0.717, 1.165) is 55.9 Å². The van der Waals surface area contributed by atoms with E-state index in [2.05, 4.69) is 23.1 Å². The Kier molecular flexibility index (Phi) is 23.6. The molecule has 18 heteroatoms. The molecule has 0 bridgehead atoms. The second kappa shape index (κ2) is 26.0. The average Bonchev–Trinajstić information content (AvgIpc) is 3.46. The van der Waals surface area contributed by atoms with Gasteiger partial charge < -0.3 is 19.3 Å². The first-order valence-corrected chi connectivity index (χ1v) is 23.8. The van der Waals surface area contributed by atoms with Crippen molar-refractivity contribution in [3.63, 3.8) is 0 Å². The molecule has 1 fully saturated rings. The van der Waals surface area contributed by atoms with E-state index in [1.54, 1.807) is 0 Å². The van der Waals surface area contributed by atoms with Crippen LogP contribution in [0.25, 0.3) is 0 Å². The maximum absolute atomic E-state index is 14.6. The van der Waals surface area contributed by atoms with Gasteiger partial charge >= 0.3 is 21.3 Å². The van der Waals surface area contributed by atoms with Gasteiger partial charge in [0.15, 0.2) is 0 Å². The van der Waals surface area contributed by atoms with Crippen LogP contribution in [0.1, 0.15) is 148 Å². The fourth-order valence-corrected chi connectivity index (χ4v) is 10.0. The number of unbranched alkanes of at least 4 members (excludes halogenated alkanes) is 13. The normalized spacial score (nSPS) is 21.6. The molecule has 3 N–H and O–H groups in total. The maximum atomic E-state index is 14.6. The number of aryl methyl sites for hydroxylation is 1. The van der Waals surface area contributed by atoms with Crippen molar-refractivity contribution in [2.24, 2.45) is 0 Å². The zero-order valence-electron chi connectivity index (χ0n) is 32.1. The largest absolute Gasteiger partial charge is 0.481 e. The van der Waals surface area contributed by atoms with Crippen LogP contribution >= 0.6 is 15.6 Å². The Bertz CT molecular complexity index is 1420. The third-order valence-corrected chi connectivity index (χ3v) is 13.9. The molecule has 8 atom stereocenters. The average molecular weight is 819 g/mol. The second-order valence-corrected chi connectivity index (χ2v) is 18.8. The number of nitrogens with zero attached hydrogens (tertiary/aromatic N) is 1. The molecule has 1 saturated heterocycles. The van der Waals surface area contributed by atoms with Crippen LogP contribution in [0.2, 0.25) is 0 Å². The lowest BCUT2D eigenvalue weighted by Crippen LogP contribution is -2.33. The number of hydrogen-bond donors (Lipinski definition) is 3. The zero-order chi connectivity index (χ0) is 39.3. The number of halogens is 1. The number of phosphoric acid groups is 2. The topological polar surface area (TPSA) is 193 Å². The number of aromatic amines is 1. The van der Waals surface area contributed by atoms with Crippen molar-refractivity contribution in [3.8, 4) is 0 Å². The molecule has 1 aliphatic heterocycles. The van der Waals surface area contributed by atoms with Crippen molar-refractivity contribution < 1.29 is 50.3 Å². The highest BCUT2D eigenvalue weighted by Crippen LogP contribution is 2.60. The van der Waals surface area contributed by atoms with Gasteiger partial charge in [-0.2, -0.15) is 4.31 Å². The molecule has 1 aliphatic rings. The van der Waals surface area contributed by atoms with E-state index in [1.807, 2.05) is 6.92 Å².